The van der Waals surface area contributed by atoms with Crippen LogP contribution < -0.4 is 25.6 Å². The second kappa shape index (κ2) is 13.3. The molecule has 1 aliphatic heterocycles. The third kappa shape index (κ3) is 6.97. The Morgan fingerprint density at radius 1 is 0.800 bits per heavy atom. The van der Waals surface area contributed by atoms with Crippen LogP contribution in [-0.4, -0.2) is 65.3 Å². The average molecular weight is 605 g/mol. The van der Waals surface area contributed by atoms with Gasteiger partial charge in [0, 0.05) is 65.5 Å². The molecule has 0 aliphatic carbocycles. The molecule has 2 aromatic heterocycles. The molecule has 0 saturated carbocycles. The van der Waals surface area contributed by atoms with E-state index >= 15 is 0 Å². The first kappa shape index (κ1) is 29.5. The molecule has 5 aromatic rings. The number of rotatable bonds is 8. The van der Waals surface area contributed by atoms with Crippen LogP contribution in [0, 0.1) is 0 Å². The number of urea groups is 1. The fourth-order valence-electron chi connectivity index (χ4n) is 4.89. The number of hydrogen-bond donors (Lipinski definition) is 3. The van der Waals surface area contributed by atoms with Crippen LogP contribution >= 0.6 is 0 Å². The highest BCUT2D eigenvalue weighted by atomic mass is 16.5. The van der Waals surface area contributed by atoms with Crippen LogP contribution in [0.2, 0.25) is 0 Å². The summed E-state index contributed by atoms with van der Waals surface area (Å²) in [7, 11) is 1.53. The number of carbonyl (C=O) groups is 2. The van der Waals surface area contributed by atoms with E-state index in [0.29, 0.717) is 48.5 Å². The standard InChI is InChI=1S/C33H32N8O4/c1-3-29(42)36-24-9-11-26(12-10-24)38-32(43)37-25-7-4-21(5-8-25)30-39-28-18-22(23-19-34-33(44-2)35-20-23)6-13-27(28)31(40-30)41-14-16-45-17-15-41/h4-13,18-20H,3,14-17H2,1-2H3,(H,36,42)(H2,37,38,43). The van der Waals surface area contributed by atoms with Gasteiger partial charge in [-0.3, -0.25) is 4.79 Å². The molecule has 228 valence electrons. The number of amides is 3. The number of nitrogens with one attached hydrogen (secondary N) is 3. The molecule has 0 spiro atoms. The molecular weight excluding hydrogens is 572 g/mol. The highest BCUT2D eigenvalue weighted by molar-refractivity contribution is 6.00. The van der Waals surface area contributed by atoms with Crippen molar-refractivity contribution < 1.29 is 19.1 Å². The number of morpholine rings is 1. The molecule has 3 N–H and O–H groups in total. The molecule has 3 amide bonds. The zero-order valence-corrected chi connectivity index (χ0v) is 24.9. The Labute approximate surface area is 259 Å². The minimum absolute atomic E-state index is 0.0725. The lowest BCUT2D eigenvalue weighted by Gasteiger charge is -2.29. The molecule has 1 fully saturated rings. The summed E-state index contributed by atoms with van der Waals surface area (Å²) in [5.41, 5.74) is 5.24. The van der Waals surface area contributed by atoms with Gasteiger partial charge in [-0.2, -0.15) is 0 Å². The third-order valence-electron chi connectivity index (χ3n) is 7.28. The Hall–Kier alpha value is -5.62. The lowest BCUT2D eigenvalue weighted by atomic mass is 10.1. The number of benzene rings is 3. The van der Waals surface area contributed by atoms with Gasteiger partial charge in [0.2, 0.25) is 5.91 Å². The summed E-state index contributed by atoms with van der Waals surface area (Å²) in [5.74, 6) is 1.34. The highest BCUT2D eigenvalue weighted by Gasteiger charge is 2.19. The van der Waals surface area contributed by atoms with E-state index in [0.717, 1.165) is 46.5 Å². The van der Waals surface area contributed by atoms with Crippen LogP contribution in [-0.2, 0) is 9.53 Å². The molecule has 1 saturated heterocycles. The number of ether oxygens (including phenoxy) is 2. The molecule has 0 radical (unpaired) electrons. The Morgan fingerprint density at radius 2 is 1.40 bits per heavy atom. The Balaban J connectivity index is 1.23. The van der Waals surface area contributed by atoms with Crippen molar-refractivity contribution >= 4 is 45.7 Å². The monoisotopic (exact) mass is 604 g/mol. The van der Waals surface area contributed by atoms with Gasteiger partial charge in [0.1, 0.15) is 5.82 Å². The number of carbonyl (C=O) groups excluding carboxylic acids is 2. The maximum absolute atomic E-state index is 12.6. The van der Waals surface area contributed by atoms with Crippen LogP contribution in [0.1, 0.15) is 13.3 Å². The van der Waals surface area contributed by atoms with E-state index in [1.54, 1.807) is 43.6 Å². The minimum Gasteiger partial charge on any atom is -0.467 e. The molecule has 0 atom stereocenters. The van der Waals surface area contributed by atoms with Crippen LogP contribution in [0.3, 0.4) is 0 Å². The van der Waals surface area contributed by atoms with Crippen LogP contribution in [0.15, 0.2) is 79.1 Å². The first-order valence-corrected chi connectivity index (χ1v) is 14.6. The summed E-state index contributed by atoms with van der Waals surface area (Å²) in [4.78, 5) is 44.9. The third-order valence-corrected chi connectivity index (χ3v) is 7.28. The van der Waals surface area contributed by atoms with E-state index in [9.17, 15) is 9.59 Å². The van der Waals surface area contributed by atoms with Crippen molar-refractivity contribution in [2.75, 3.05) is 54.3 Å². The smallest absolute Gasteiger partial charge is 0.323 e. The summed E-state index contributed by atoms with van der Waals surface area (Å²) < 4.78 is 10.7. The van der Waals surface area contributed by atoms with Crippen LogP contribution in [0.5, 0.6) is 6.01 Å². The van der Waals surface area contributed by atoms with Crippen molar-refractivity contribution in [1.29, 1.82) is 0 Å². The van der Waals surface area contributed by atoms with E-state index in [1.807, 2.05) is 42.5 Å². The molecule has 12 nitrogen and oxygen atoms in total. The molecule has 0 bridgehead atoms. The van der Waals surface area contributed by atoms with Gasteiger partial charge in [0.15, 0.2) is 5.82 Å². The number of nitrogens with zero attached hydrogens (tertiary/aromatic N) is 5. The van der Waals surface area contributed by atoms with Gasteiger partial charge < -0.3 is 30.3 Å². The van der Waals surface area contributed by atoms with Gasteiger partial charge in [0.25, 0.3) is 0 Å². The molecular formula is C33H32N8O4. The SMILES string of the molecule is CCC(=O)Nc1ccc(NC(=O)Nc2ccc(-c3nc(N4CCOCC4)c4ccc(-c5cnc(OC)nc5)cc4n3)cc2)cc1. The second-order valence-electron chi connectivity index (χ2n) is 10.3. The molecule has 45 heavy (non-hydrogen) atoms. The summed E-state index contributed by atoms with van der Waals surface area (Å²) in [6.45, 7) is 4.51. The maximum Gasteiger partial charge on any atom is 0.323 e. The van der Waals surface area contributed by atoms with Crippen molar-refractivity contribution in [3.8, 4) is 28.5 Å². The normalized spacial score (nSPS) is 12.9. The van der Waals surface area contributed by atoms with Crippen LogP contribution in [0.25, 0.3) is 33.4 Å². The minimum atomic E-state index is -0.389. The van der Waals surface area contributed by atoms with Gasteiger partial charge in [-0.25, -0.2) is 24.7 Å². The van der Waals surface area contributed by atoms with E-state index in [4.69, 9.17) is 19.4 Å². The molecule has 0 unspecified atom stereocenters. The molecule has 3 aromatic carbocycles. The van der Waals surface area contributed by atoms with Crippen molar-refractivity contribution in [2.24, 2.45) is 0 Å². The number of aromatic nitrogens is 4. The first-order chi connectivity index (χ1) is 22.0. The number of anilines is 4. The second-order valence-corrected chi connectivity index (χ2v) is 10.3. The zero-order valence-electron chi connectivity index (χ0n) is 24.9. The maximum atomic E-state index is 12.6. The quantitative estimate of drug-likeness (QED) is 0.206. The van der Waals surface area contributed by atoms with Gasteiger partial charge in [-0.05, 0) is 66.2 Å². The summed E-state index contributed by atoms with van der Waals surface area (Å²) in [6, 6.07) is 20.3. The van der Waals surface area contributed by atoms with Crippen molar-refractivity contribution in [2.45, 2.75) is 13.3 Å². The van der Waals surface area contributed by atoms with E-state index in [-0.39, 0.29) is 11.9 Å². The topological polar surface area (TPSA) is 143 Å². The molecule has 12 heteroatoms. The van der Waals surface area contributed by atoms with Crippen LogP contribution in [0.4, 0.5) is 27.7 Å². The molecule has 6 rings (SSSR count). The average Bonchev–Trinajstić information content (AvgIpc) is 3.09. The number of fused-ring (bicyclic) bond motifs is 1. The van der Waals surface area contributed by atoms with Crippen molar-refractivity contribution in [3.05, 3.63) is 79.1 Å². The highest BCUT2D eigenvalue weighted by Crippen LogP contribution is 2.32. The first-order valence-electron chi connectivity index (χ1n) is 14.6. The summed E-state index contributed by atoms with van der Waals surface area (Å²) >= 11 is 0. The number of hydrogen-bond acceptors (Lipinski definition) is 9. The Kier molecular flexibility index (Phi) is 8.74. The predicted molar refractivity (Wildman–Crippen MR) is 174 cm³/mol. The van der Waals surface area contributed by atoms with Crippen molar-refractivity contribution in [3.63, 3.8) is 0 Å². The Morgan fingerprint density at radius 3 is 2.02 bits per heavy atom. The molecule has 1 aliphatic rings. The largest absolute Gasteiger partial charge is 0.467 e. The van der Waals surface area contributed by atoms with E-state index in [2.05, 4.69) is 30.8 Å². The van der Waals surface area contributed by atoms with Gasteiger partial charge >= 0.3 is 12.0 Å². The molecule has 3 heterocycles. The lowest BCUT2D eigenvalue weighted by molar-refractivity contribution is -0.115. The Bertz CT molecular complexity index is 1810. The predicted octanol–water partition coefficient (Wildman–Crippen LogP) is 5.59. The summed E-state index contributed by atoms with van der Waals surface area (Å²) in [5, 5.41) is 9.37. The van der Waals surface area contributed by atoms with Gasteiger partial charge in [-0.15, -0.1) is 0 Å². The summed E-state index contributed by atoms with van der Waals surface area (Å²) in [6.07, 6.45) is 3.84. The van der Waals surface area contributed by atoms with Gasteiger partial charge in [0.05, 0.1) is 25.8 Å². The number of methoxy groups -OCH3 is 1. The fourth-order valence-corrected chi connectivity index (χ4v) is 4.89. The fraction of sp³-hybridized carbons (Fsp3) is 0.212. The zero-order chi connectivity index (χ0) is 31.2. The van der Waals surface area contributed by atoms with Crippen molar-refractivity contribution in [1.82, 2.24) is 19.9 Å². The van der Waals surface area contributed by atoms with E-state index in [1.165, 1.54) is 7.11 Å². The van der Waals surface area contributed by atoms with E-state index < -0.39 is 0 Å². The van der Waals surface area contributed by atoms with Gasteiger partial charge in [-0.1, -0.05) is 13.0 Å². The lowest BCUT2D eigenvalue weighted by Crippen LogP contribution is -2.37.